The molecule has 0 amide bonds. The van der Waals surface area contributed by atoms with Crippen LogP contribution in [0, 0.1) is 24.0 Å². The van der Waals surface area contributed by atoms with Crippen molar-refractivity contribution in [2.45, 2.75) is 49.7 Å². The van der Waals surface area contributed by atoms with Crippen molar-refractivity contribution in [1.29, 1.82) is 0 Å². The van der Waals surface area contributed by atoms with E-state index in [1.807, 2.05) is 0 Å². The van der Waals surface area contributed by atoms with Gasteiger partial charge in [0.25, 0.3) is 5.92 Å². The monoisotopic (exact) mass is 609 g/mol. The van der Waals surface area contributed by atoms with Crippen molar-refractivity contribution in [3.8, 4) is 35.4 Å². The van der Waals surface area contributed by atoms with Crippen LogP contribution in [0.4, 0.5) is 27.8 Å². The Labute approximate surface area is 249 Å². The van der Waals surface area contributed by atoms with Crippen LogP contribution < -0.4 is 9.64 Å². The molecule has 0 spiro atoms. The van der Waals surface area contributed by atoms with Crippen molar-refractivity contribution < 1.29 is 31.8 Å². The number of phenols is 1. The first-order chi connectivity index (χ1) is 21.1. The average Bonchev–Trinajstić information content (AvgIpc) is 3.51. The molecule has 3 saturated heterocycles. The van der Waals surface area contributed by atoms with Gasteiger partial charge in [0.2, 0.25) is 0 Å². The molecule has 228 valence electrons. The van der Waals surface area contributed by atoms with Crippen LogP contribution in [-0.4, -0.2) is 75.4 Å². The first-order valence-electron chi connectivity index (χ1n) is 14.5. The minimum atomic E-state index is -2.83. The van der Waals surface area contributed by atoms with E-state index in [9.17, 15) is 22.7 Å². The summed E-state index contributed by atoms with van der Waals surface area (Å²) in [5, 5.41) is 11.2. The lowest BCUT2D eigenvalue weighted by atomic mass is 9.95. The fraction of sp³-hybridized carbons (Fsp3) is 0.406. The molecule has 2 aromatic heterocycles. The molecule has 1 N–H and O–H groups in total. The highest BCUT2D eigenvalue weighted by molar-refractivity contribution is 6.03. The third kappa shape index (κ3) is 4.74. The van der Waals surface area contributed by atoms with Crippen molar-refractivity contribution >= 4 is 27.5 Å². The molecule has 0 aliphatic carbocycles. The molecule has 44 heavy (non-hydrogen) atoms. The van der Waals surface area contributed by atoms with E-state index in [0.717, 1.165) is 25.5 Å². The lowest BCUT2D eigenvalue weighted by Gasteiger charge is -2.33. The number of alkyl halides is 3. The Kier molecular flexibility index (Phi) is 6.77. The Balaban J connectivity index is 1.37. The molecule has 0 radical (unpaired) electrons. The maximum atomic E-state index is 16.6. The number of halogens is 5. The van der Waals surface area contributed by atoms with Gasteiger partial charge in [-0.25, -0.2) is 22.0 Å². The molecular weight excluding hydrogens is 581 g/mol. The Morgan fingerprint density at radius 1 is 1.09 bits per heavy atom. The number of rotatable bonds is 5. The molecule has 0 bridgehead atoms. The Bertz CT molecular complexity index is 1840. The van der Waals surface area contributed by atoms with Crippen LogP contribution >= 0.6 is 0 Å². The number of hydrogen-bond acceptors (Lipinski definition) is 7. The van der Waals surface area contributed by atoms with Gasteiger partial charge >= 0.3 is 6.01 Å². The summed E-state index contributed by atoms with van der Waals surface area (Å²) in [6, 6.07) is 5.03. The van der Waals surface area contributed by atoms with Crippen LogP contribution in [-0.2, 0) is 0 Å². The summed E-state index contributed by atoms with van der Waals surface area (Å²) in [7, 11) is 0. The number of terminal acetylenes is 1. The summed E-state index contributed by atoms with van der Waals surface area (Å²) >= 11 is 0. The number of ether oxygens (including phenoxy) is 1. The number of anilines is 1. The molecule has 7 rings (SSSR count). The second kappa shape index (κ2) is 10.4. The molecule has 3 aliphatic rings. The van der Waals surface area contributed by atoms with Gasteiger partial charge in [-0.2, -0.15) is 9.97 Å². The first-order valence-corrected chi connectivity index (χ1v) is 14.5. The smallest absolute Gasteiger partial charge is 0.319 e. The van der Waals surface area contributed by atoms with Crippen molar-refractivity contribution in [3.63, 3.8) is 0 Å². The maximum Gasteiger partial charge on any atom is 0.319 e. The normalized spacial score (nSPS) is 23.3. The summed E-state index contributed by atoms with van der Waals surface area (Å²) in [6.07, 6.45) is 7.06. The van der Waals surface area contributed by atoms with Crippen LogP contribution in [0.1, 0.15) is 37.7 Å². The third-order valence-corrected chi connectivity index (χ3v) is 9.12. The number of fused-ring (bicyclic) bond motifs is 3. The fourth-order valence-electron chi connectivity index (χ4n) is 6.96. The number of benzene rings is 2. The summed E-state index contributed by atoms with van der Waals surface area (Å²) in [5.41, 5.74) is -1.05. The molecule has 12 heteroatoms. The van der Waals surface area contributed by atoms with E-state index in [-0.39, 0.29) is 70.4 Å². The van der Waals surface area contributed by atoms with Gasteiger partial charge in [0, 0.05) is 56.0 Å². The van der Waals surface area contributed by atoms with Gasteiger partial charge in [-0.05, 0) is 43.0 Å². The zero-order valence-electron chi connectivity index (χ0n) is 23.6. The molecule has 0 unspecified atom stereocenters. The van der Waals surface area contributed by atoms with Gasteiger partial charge in [0.05, 0.1) is 16.5 Å². The van der Waals surface area contributed by atoms with Gasteiger partial charge in [0.1, 0.15) is 41.4 Å². The molecule has 2 aromatic carbocycles. The number of aromatic hydroxyl groups is 1. The number of piperidine rings is 1. The zero-order valence-corrected chi connectivity index (χ0v) is 23.6. The highest BCUT2D eigenvalue weighted by Gasteiger charge is 2.49. The van der Waals surface area contributed by atoms with Crippen LogP contribution in [0.2, 0.25) is 0 Å². The maximum absolute atomic E-state index is 16.6. The summed E-state index contributed by atoms with van der Waals surface area (Å²) < 4.78 is 79.8. The molecule has 4 aromatic rings. The van der Waals surface area contributed by atoms with Crippen molar-refractivity contribution in [3.05, 3.63) is 47.7 Å². The summed E-state index contributed by atoms with van der Waals surface area (Å²) in [5.74, 6) is -2.16. The molecule has 7 nitrogen and oxygen atoms in total. The predicted octanol–water partition coefficient (Wildman–Crippen LogP) is 6.00. The Morgan fingerprint density at radius 2 is 1.89 bits per heavy atom. The lowest BCUT2D eigenvalue weighted by Crippen LogP contribution is -2.43. The van der Waals surface area contributed by atoms with Crippen molar-refractivity contribution in [2.75, 3.05) is 37.7 Å². The number of nitrogens with zero attached hydrogens (tertiary/aromatic N) is 5. The van der Waals surface area contributed by atoms with Gasteiger partial charge < -0.3 is 14.7 Å². The lowest BCUT2D eigenvalue weighted by molar-refractivity contribution is -0.0221. The standard InChI is InChI=1S/C32H28F5N5O2/c1-2-21-24(34)5-4-18-12-20(43)13-22(25(18)21)27-26(35)28-23(15-38-27)29(41-10-7-32(36,37)8-11-41)40-30(39-28)44-17-31-6-3-9-42(31)16-19(33)14-31/h1,4-5,12-13,15,19,43H,3,6-11,14,16-17H2/t19-,31+/m1/s1. The van der Waals surface area contributed by atoms with Crippen LogP contribution in [0.25, 0.3) is 32.9 Å². The van der Waals surface area contributed by atoms with E-state index < -0.39 is 42.1 Å². The number of phenolic OH excluding ortho intramolecular Hbond substituents is 1. The van der Waals surface area contributed by atoms with E-state index in [1.54, 1.807) is 4.90 Å². The number of hydrogen-bond donors (Lipinski definition) is 1. The molecule has 3 fully saturated rings. The SMILES string of the molecule is C#Cc1c(F)ccc2cc(O)cc(-c3ncc4c(N5CCC(F)(F)CC5)nc(OC[C@@]56CCCN5C[C@H](F)C6)nc4c3F)c12. The predicted molar refractivity (Wildman–Crippen MR) is 155 cm³/mol. The number of pyridine rings is 1. The quantitative estimate of drug-likeness (QED) is 0.220. The second-order valence-electron chi connectivity index (χ2n) is 11.9. The average molecular weight is 610 g/mol. The zero-order chi connectivity index (χ0) is 30.8. The highest BCUT2D eigenvalue weighted by atomic mass is 19.3. The van der Waals surface area contributed by atoms with E-state index in [2.05, 4.69) is 25.8 Å². The van der Waals surface area contributed by atoms with Crippen molar-refractivity contribution in [2.24, 2.45) is 0 Å². The first kappa shape index (κ1) is 28.5. The molecule has 2 atom stereocenters. The van der Waals surface area contributed by atoms with Gasteiger partial charge in [0.15, 0.2) is 5.82 Å². The molecule has 5 heterocycles. The molecule has 0 saturated carbocycles. The minimum Gasteiger partial charge on any atom is -0.508 e. The molecular formula is C32H28F5N5O2. The van der Waals surface area contributed by atoms with Gasteiger partial charge in [-0.3, -0.25) is 9.88 Å². The van der Waals surface area contributed by atoms with Crippen LogP contribution in [0.3, 0.4) is 0 Å². The topological polar surface area (TPSA) is 74.6 Å². The van der Waals surface area contributed by atoms with Crippen molar-refractivity contribution in [1.82, 2.24) is 19.9 Å². The van der Waals surface area contributed by atoms with E-state index in [4.69, 9.17) is 11.2 Å². The molecule has 3 aliphatic heterocycles. The summed E-state index contributed by atoms with van der Waals surface area (Å²) in [6.45, 7) is 1.07. The minimum absolute atomic E-state index is 0.0365. The Morgan fingerprint density at radius 3 is 2.66 bits per heavy atom. The van der Waals surface area contributed by atoms with E-state index in [0.29, 0.717) is 18.4 Å². The van der Waals surface area contributed by atoms with Crippen LogP contribution in [0.5, 0.6) is 11.8 Å². The third-order valence-electron chi connectivity index (χ3n) is 9.12. The number of aromatic nitrogens is 3. The fourth-order valence-corrected chi connectivity index (χ4v) is 6.96. The van der Waals surface area contributed by atoms with Gasteiger partial charge in [-0.15, -0.1) is 6.42 Å². The van der Waals surface area contributed by atoms with E-state index >= 15 is 4.39 Å². The van der Waals surface area contributed by atoms with Crippen LogP contribution in [0.15, 0.2) is 30.5 Å². The van der Waals surface area contributed by atoms with Gasteiger partial charge in [-0.1, -0.05) is 12.0 Å². The highest BCUT2D eigenvalue weighted by Crippen LogP contribution is 2.42. The Hall–Kier alpha value is -4.24. The largest absolute Gasteiger partial charge is 0.508 e. The second-order valence-corrected chi connectivity index (χ2v) is 11.9. The summed E-state index contributed by atoms with van der Waals surface area (Å²) in [4.78, 5) is 16.9. The van der Waals surface area contributed by atoms with E-state index in [1.165, 1.54) is 24.4 Å².